The van der Waals surface area contributed by atoms with Crippen molar-refractivity contribution in [1.29, 1.82) is 0 Å². The standard InChI is InChI=1S/C16H15N/c1-14-10-6-3-2-4-9-13-17-16(14)15-11-7-5-8-12-15/h2-3,5-13H,1,4H2/b3-2-,10-6-,13-9-,17-16?. The molecular weight excluding hydrogens is 206 g/mol. The Balaban J connectivity index is 2.38. The topological polar surface area (TPSA) is 12.4 Å². The number of nitrogens with zero attached hydrogens (tertiary/aromatic N) is 1. The Bertz CT molecular complexity index is 502. The van der Waals surface area contributed by atoms with Gasteiger partial charge >= 0.3 is 0 Å². The van der Waals surface area contributed by atoms with Crippen molar-refractivity contribution >= 4 is 5.71 Å². The van der Waals surface area contributed by atoms with E-state index in [2.05, 4.69) is 17.6 Å². The molecule has 1 heterocycles. The molecule has 1 nitrogen and oxygen atoms in total. The predicted molar refractivity (Wildman–Crippen MR) is 74.2 cm³/mol. The maximum Gasteiger partial charge on any atom is 0.0768 e. The largest absolute Gasteiger partial charge is 0.256 e. The number of rotatable bonds is 1. The van der Waals surface area contributed by atoms with Crippen LogP contribution in [0.5, 0.6) is 0 Å². The molecule has 0 fully saturated rings. The van der Waals surface area contributed by atoms with Gasteiger partial charge in [-0.2, -0.15) is 0 Å². The fourth-order valence-electron chi connectivity index (χ4n) is 1.61. The molecule has 84 valence electrons. The van der Waals surface area contributed by atoms with Crippen molar-refractivity contribution in [1.82, 2.24) is 0 Å². The summed E-state index contributed by atoms with van der Waals surface area (Å²) in [7, 11) is 0. The van der Waals surface area contributed by atoms with Crippen LogP contribution in [0.2, 0.25) is 0 Å². The van der Waals surface area contributed by atoms with Crippen LogP contribution in [0, 0.1) is 0 Å². The Morgan fingerprint density at radius 2 is 1.82 bits per heavy atom. The van der Waals surface area contributed by atoms with Crippen LogP contribution < -0.4 is 0 Å². The Labute approximate surface area is 102 Å². The zero-order valence-electron chi connectivity index (χ0n) is 9.71. The Morgan fingerprint density at radius 3 is 2.65 bits per heavy atom. The van der Waals surface area contributed by atoms with Crippen LogP contribution in [0.1, 0.15) is 12.0 Å². The van der Waals surface area contributed by atoms with Crippen LogP contribution >= 0.6 is 0 Å². The Hall–Kier alpha value is -2.15. The molecule has 0 radical (unpaired) electrons. The summed E-state index contributed by atoms with van der Waals surface area (Å²) in [6.45, 7) is 4.06. The predicted octanol–water partition coefficient (Wildman–Crippen LogP) is 4.06. The molecule has 0 aromatic heterocycles. The minimum Gasteiger partial charge on any atom is -0.256 e. The van der Waals surface area contributed by atoms with E-state index in [1.54, 1.807) is 0 Å². The minimum atomic E-state index is 0.905. The summed E-state index contributed by atoms with van der Waals surface area (Å²) in [5.41, 5.74) is 2.94. The summed E-state index contributed by atoms with van der Waals surface area (Å²) in [6.07, 6.45) is 12.9. The molecule has 2 rings (SSSR count). The smallest absolute Gasteiger partial charge is 0.0768 e. The van der Waals surface area contributed by atoms with Crippen molar-refractivity contribution in [3.05, 3.63) is 84.6 Å². The van der Waals surface area contributed by atoms with Crippen molar-refractivity contribution in [3.8, 4) is 0 Å². The van der Waals surface area contributed by atoms with E-state index < -0.39 is 0 Å². The molecule has 1 aliphatic rings. The molecule has 1 heteroatoms. The van der Waals surface area contributed by atoms with Crippen LogP contribution in [0.25, 0.3) is 0 Å². The molecule has 0 bridgehead atoms. The molecule has 1 aliphatic heterocycles. The highest BCUT2D eigenvalue weighted by Gasteiger charge is 2.04. The lowest BCUT2D eigenvalue weighted by molar-refractivity contribution is 1.35. The molecule has 0 saturated carbocycles. The van der Waals surface area contributed by atoms with Crippen molar-refractivity contribution in [2.24, 2.45) is 4.99 Å². The van der Waals surface area contributed by atoms with Crippen molar-refractivity contribution in [2.45, 2.75) is 6.42 Å². The van der Waals surface area contributed by atoms with Crippen LogP contribution in [0.4, 0.5) is 0 Å². The third kappa shape index (κ3) is 3.15. The summed E-state index contributed by atoms with van der Waals surface area (Å²) in [4.78, 5) is 4.49. The van der Waals surface area contributed by atoms with E-state index in [1.165, 1.54) is 0 Å². The van der Waals surface area contributed by atoms with E-state index in [9.17, 15) is 0 Å². The van der Waals surface area contributed by atoms with Crippen LogP contribution in [-0.4, -0.2) is 5.71 Å². The molecule has 0 spiro atoms. The van der Waals surface area contributed by atoms with E-state index in [0.29, 0.717) is 0 Å². The van der Waals surface area contributed by atoms with E-state index in [4.69, 9.17) is 0 Å². The van der Waals surface area contributed by atoms with Crippen LogP contribution in [0.3, 0.4) is 0 Å². The molecule has 0 N–H and O–H groups in total. The lowest BCUT2D eigenvalue weighted by Gasteiger charge is -2.05. The summed E-state index contributed by atoms with van der Waals surface area (Å²) in [6, 6.07) is 10.1. The fourth-order valence-corrected chi connectivity index (χ4v) is 1.61. The van der Waals surface area contributed by atoms with Gasteiger partial charge in [0.25, 0.3) is 0 Å². The van der Waals surface area contributed by atoms with Gasteiger partial charge in [0.2, 0.25) is 0 Å². The number of benzene rings is 1. The van der Waals surface area contributed by atoms with E-state index in [-0.39, 0.29) is 0 Å². The lowest BCUT2D eigenvalue weighted by atomic mass is 10.0. The maximum absolute atomic E-state index is 4.49. The first-order valence-corrected chi connectivity index (χ1v) is 5.68. The SMILES string of the molecule is C=C1/C=C\C=C/C/C=C\N=C1c1ccccc1. The molecule has 1 aromatic carbocycles. The monoisotopic (exact) mass is 221 g/mol. The van der Waals surface area contributed by atoms with Gasteiger partial charge in [0.1, 0.15) is 0 Å². The van der Waals surface area contributed by atoms with Crippen molar-refractivity contribution in [3.63, 3.8) is 0 Å². The van der Waals surface area contributed by atoms with Gasteiger partial charge < -0.3 is 0 Å². The van der Waals surface area contributed by atoms with Crippen LogP contribution in [-0.2, 0) is 0 Å². The first kappa shape index (κ1) is 11.3. The first-order chi connectivity index (χ1) is 8.38. The normalized spacial score (nSPS) is 21.4. The maximum atomic E-state index is 4.49. The minimum absolute atomic E-state index is 0.905. The quantitative estimate of drug-likeness (QED) is 0.678. The average Bonchev–Trinajstić information content (AvgIpc) is 2.38. The highest BCUT2D eigenvalue weighted by atomic mass is 14.7. The zero-order valence-corrected chi connectivity index (χ0v) is 9.71. The molecule has 0 amide bonds. The third-order valence-corrected chi connectivity index (χ3v) is 2.48. The van der Waals surface area contributed by atoms with Crippen molar-refractivity contribution < 1.29 is 0 Å². The number of aliphatic imine (C=N–C) groups is 1. The Kier molecular flexibility index (Phi) is 3.87. The summed E-state index contributed by atoms with van der Waals surface area (Å²) < 4.78 is 0. The van der Waals surface area contributed by atoms with Gasteiger partial charge in [0.05, 0.1) is 5.71 Å². The molecule has 0 aliphatic carbocycles. The number of hydrogen-bond acceptors (Lipinski definition) is 1. The van der Waals surface area contributed by atoms with Crippen LogP contribution in [0.15, 0.2) is 84.1 Å². The van der Waals surface area contributed by atoms with Crippen molar-refractivity contribution in [2.75, 3.05) is 0 Å². The summed E-state index contributed by atoms with van der Waals surface area (Å²) >= 11 is 0. The van der Waals surface area contributed by atoms with E-state index in [0.717, 1.165) is 23.3 Å². The average molecular weight is 221 g/mol. The van der Waals surface area contributed by atoms with Gasteiger partial charge in [-0.25, -0.2) is 0 Å². The van der Waals surface area contributed by atoms with Gasteiger partial charge in [-0.3, -0.25) is 4.99 Å². The van der Waals surface area contributed by atoms with E-state index in [1.807, 2.05) is 60.8 Å². The molecule has 0 saturated heterocycles. The zero-order chi connectivity index (χ0) is 11.9. The molecule has 1 aromatic rings. The summed E-state index contributed by atoms with van der Waals surface area (Å²) in [5.74, 6) is 0. The Morgan fingerprint density at radius 1 is 1.00 bits per heavy atom. The second-order valence-electron chi connectivity index (χ2n) is 3.78. The number of allylic oxidation sites excluding steroid dienone is 6. The van der Waals surface area contributed by atoms with Gasteiger partial charge in [-0.05, 0) is 12.0 Å². The molecule has 0 unspecified atom stereocenters. The second kappa shape index (κ2) is 5.80. The second-order valence-corrected chi connectivity index (χ2v) is 3.78. The lowest BCUT2D eigenvalue weighted by Crippen LogP contribution is -2.01. The fraction of sp³-hybridized carbons (Fsp3) is 0.0625. The van der Waals surface area contributed by atoms with Gasteiger partial charge in [-0.1, -0.05) is 67.3 Å². The molecule has 0 atom stereocenters. The first-order valence-electron chi connectivity index (χ1n) is 5.68. The third-order valence-electron chi connectivity index (χ3n) is 2.48. The van der Waals surface area contributed by atoms with Gasteiger partial charge in [0.15, 0.2) is 0 Å². The highest BCUT2D eigenvalue weighted by molar-refractivity contribution is 6.14. The summed E-state index contributed by atoms with van der Waals surface area (Å²) in [5, 5.41) is 0. The van der Waals surface area contributed by atoms with Gasteiger partial charge in [0, 0.05) is 11.8 Å². The van der Waals surface area contributed by atoms with Gasteiger partial charge in [-0.15, -0.1) is 0 Å². The number of hydrogen-bond donors (Lipinski definition) is 0. The van der Waals surface area contributed by atoms with E-state index >= 15 is 0 Å². The molecular formula is C16H15N. The highest BCUT2D eigenvalue weighted by Crippen LogP contribution is 2.11. The molecule has 17 heavy (non-hydrogen) atoms.